The minimum Gasteiger partial charge on any atom is -0.412 e. The van der Waals surface area contributed by atoms with Crippen LogP contribution in [0.3, 0.4) is 0 Å². The lowest BCUT2D eigenvalue weighted by molar-refractivity contribution is 0.0695. The van der Waals surface area contributed by atoms with Gasteiger partial charge < -0.3 is 10.2 Å². The molecular formula is C13H29NOSi. The molecule has 1 aliphatic carbocycles. The highest BCUT2D eigenvalue weighted by Gasteiger charge is 2.42. The summed E-state index contributed by atoms with van der Waals surface area (Å²) in [5.74, 6) is 0.623. The van der Waals surface area contributed by atoms with Gasteiger partial charge in [0.05, 0.1) is 6.10 Å². The van der Waals surface area contributed by atoms with Gasteiger partial charge in [0.1, 0.15) is 0 Å². The second-order valence-corrected chi connectivity index (χ2v) is 11.7. The molecule has 1 aliphatic rings. The quantitative estimate of drug-likeness (QED) is 0.753. The predicted molar refractivity (Wildman–Crippen MR) is 73.1 cm³/mol. The molecule has 0 amide bonds. The van der Waals surface area contributed by atoms with Crippen molar-refractivity contribution in [1.29, 1.82) is 0 Å². The van der Waals surface area contributed by atoms with Gasteiger partial charge in [-0.3, -0.25) is 0 Å². The van der Waals surface area contributed by atoms with Crippen LogP contribution < -0.4 is 5.73 Å². The van der Waals surface area contributed by atoms with Gasteiger partial charge in [0.2, 0.25) is 0 Å². The van der Waals surface area contributed by atoms with Gasteiger partial charge in [0.25, 0.3) is 0 Å². The van der Waals surface area contributed by atoms with Crippen molar-refractivity contribution in [3.63, 3.8) is 0 Å². The Morgan fingerprint density at radius 3 is 2.19 bits per heavy atom. The van der Waals surface area contributed by atoms with Gasteiger partial charge in [0, 0.05) is 6.04 Å². The molecule has 0 spiro atoms. The zero-order valence-electron chi connectivity index (χ0n) is 11.8. The fraction of sp³-hybridized carbons (Fsp3) is 1.00. The summed E-state index contributed by atoms with van der Waals surface area (Å²) >= 11 is 0. The fourth-order valence-corrected chi connectivity index (χ4v) is 3.59. The third-order valence-corrected chi connectivity index (χ3v) is 8.89. The van der Waals surface area contributed by atoms with Gasteiger partial charge in [-0.1, -0.05) is 34.1 Å². The van der Waals surface area contributed by atoms with Gasteiger partial charge in [-0.2, -0.15) is 0 Å². The SMILES string of the molecule is CC1CCCC(N)C1O[Si](C)(C)C(C)(C)C. The number of rotatable bonds is 2. The van der Waals surface area contributed by atoms with E-state index in [4.69, 9.17) is 10.2 Å². The van der Waals surface area contributed by atoms with Gasteiger partial charge in [-0.15, -0.1) is 0 Å². The summed E-state index contributed by atoms with van der Waals surface area (Å²) < 4.78 is 6.48. The summed E-state index contributed by atoms with van der Waals surface area (Å²) in [5, 5.41) is 0.282. The Bertz CT molecular complexity index is 225. The highest BCUT2D eigenvalue weighted by molar-refractivity contribution is 6.74. The van der Waals surface area contributed by atoms with Crippen LogP contribution in [0.25, 0.3) is 0 Å². The molecule has 1 rings (SSSR count). The van der Waals surface area contributed by atoms with Crippen LogP contribution in [0, 0.1) is 5.92 Å². The maximum atomic E-state index is 6.48. The molecule has 1 fully saturated rings. The fourth-order valence-electron chi connectivity index (χ4n) is 2.15. The molecule has 3 heteroatoms. The van der Waals surface area contributed by atoms with Crippen LogP contribution in [-0.2, 0) is 4.43 Å². The third-order valence-electron chi connectivity index (χ3n) is 4.42. The standard InChI is InChI=1S/C13H29NOSi/c1-10-8-7-9-11(14)12(10)15-16(5,6)13(2,3)4/h10-12H,7-9,14H2,1-6H3. The molecule has 0 heterocycles. The maximum absolute atomic E-state index is 6.48. The average Bonchev–Trinajstić information content (AvgIpc) is 2.10. The van der Waals surface area contributed by atoms with Gasteiger partial charge in [-0.05, 0) is 36.9 Å². The lowest BCUT2D eigenvalue weighted by Crippen LogP contribution is -2.52. The summed E-state index contributed by atoms with van der Waals surface area (Å²) in [4.78, 5) is 0. The first kappa shape index (κ1) is 14.2. The summed E-state index contributed by atoms with van der Waals surface area (Å²) in [5.41, 5.74) is 6.22. The smallest absolute Gasteiger partial charge is 0.192 e. The molecule has 0 aliphatic heterocycles. The molecule has 0 radical (unpaired) electrons. The Morgan fingerprint density at radius 1 is 1.19 bits per heavy atom. The first-order valence-corrected chi connectivity index (χ1v) is 9.49. The summed E-state index contributed by atoms with van der Waals surface area (Å²) in [6, 6.07) is 0.248. The van der Waals surface area contributed by atoms with Crippen LogP contribution in [0.2, 0.25) is 18.1 Å². The molecule has 0 aromatic rings. The van der Waals surface area contributed by atoms with E-state index >= 15 is 0 Å². The van der Waals surface area contributed by atoms with Crippen molar-refractivity contribution in [3.8, 4) is 0 Å². The van der Waals surface area contributed by atoms with E-state index in [2.05, 4.69) is 40.8 Å². The minimum absolute atomic E-state index is 0.248. The summed E-state index contributed by atoms with van der Waals surface area (Å²) in [6.45, 7) is 13.8. The molecule has 1 saturated carbocycles. The monoisotopic (exact) mass is 243 g/mol. The Labute approximate surface area is 102 Å². The number of hydrogen-bond donors (Lipinski definition) is 1. The van der Waals surface area contributed by atoms with E-state index < -0.39 is 8.32 Å². The van der Waals surface area contributed by atoms with Crippen LogP contribution >= 0.6 is 0 Å². The van der Waals surface area contributed by atoms with Crippen molar-refractivity contribution < 1.29 is 4.43 Å². The van der Waals surface area contributed by atoms with Crippen molar-refractivity contribution in [2.24, 2.45) is 11.7 Å². The Hall–Kier alpha value is 0.137. The molecule has 3 unspecified atom stereocenters. The predicted octanol–water partition coefficient (Wildman–Crippen LogP) is 3.52. The topological polar surface area (TPSA) is 35.2 Å². The molecule has 0 aromatic heterocycles. The van der Waals surface area contributed by atoms with Gasteiger partial charge >= 0.3 is 0 Å². The van der Waals surface area contributed by atoms with E-state index in [1.54, 1.807) is 0 Å². The zero-order valence-corrected chi connectivity index (χ0v) is 12.8. The lowest BCUT2D eigenvalue weighted by Gasteiger charge is -2.44. The highest BCUT2D eigenvalue weighted by Crippen LogP contribution is 2.39. The first-order chi connectivity index (χ1) is 7.15. The summed E-state index contributed by atoms with van der Waals surface area (Å²) in [6.07, 6.45) is 3.95. The second-order valence-electron chi connectivity index (χ2n) is 6.91. The molecule has 0 aromatic carbocycles. The molecular weight excluding hydrogens is 214 g/mol. The lowest BCUT2D eigenvalue weighted by atomic mass is 9.85. The van der Waals surface area contributed by atoms with Gasteiger partial charge in [-0.25, -0.2) is 0 Å². The third kappa shape index (κ3) is 3.08. The Morgan fingerprint density at radius 2 is 1.75 bits per heavy atom. The van der Waals surface area contributed by atoms with E-state index in [1.165, 1.54) is 12.8 Å². The molecule has 16 heavy (non-hydrogen) atoms. The van der Waals surface area contributed by atoms with Crippen LogP contribution in [0.15, 0.2) is 0 Å². The summed E-state index contributed by atoms with van der Waals surface area (Å²) in [7, 11) is -1.66. The van der Waals surface area contributed by atoms with E-state index in [-0.39, 0.29) is 17.2 Å². The van der Waals surface area contributed by atoms with Crippen molar-refractivity contribution in [2.45, 2.75) is 77.2 Å². The van der Waals surface area contributed by atoms with Crippen LogP contribution in [0.4, 0.5) is 0 Å². The van der Waals surface area contributed by atoms with Crippen molar-refractivity contribution >= 4 is 8.32 Å². The largest absolute Gasteiger partial charge is 0.412 e. The average molecular weight is 243 g/mol. The number of hydrogen-bond acceptors (Lipinski definition) is 2. The van der Waals surface area contributed by atoms with Crippen LogP contribution in [-0.4, -0.2) is 20.5 Å². The molecule has 96 valence electrons. The van der Waals surface area contributed by atoms with Crippen LogP contribution in [0.1, 0.15) is 47.0 Å². The van der Waals surface area contributed by atoms with Crippen molar-refractivity contribution in [3.05, 3.63) is 0 Å². The number of nitrogens with two attached hydrogens (primary N) is 1. The van der Waals surface area contributed by atoms with Crippen molar-refractivity contribution in [1.82, 2.24) is 0 Å². The molecule has 0 bridgehead atoms. The molecule has 2 N–H and O–H groups in total. The van der Waals surface area contributed by atoms with Crippen molar-refractivity contribution in [2.75, 3.05) is 0 Å². The van der Waals surface area contributed by atoms with E-state index in [9.17, 15) is 0 Å². The van der Waals surface area contributed by atoms with Gasteiger partial charge in [0.15, 0.2) is 8.32 Å². The van der Waals surface area contributed by atoms with Crippen LogP contribution in [0.5, 0.6) is 0 Å². The van der Waals surface area contributed by atoms with E-state index in [1.807, 2.05) is 0 Å². The molecule has 0 saturated heterocycles. The minimum atomic E-state index is -1.66. The normalized spacial score (nSPS) is 32.8. The van der Waals surface area contributed by atoms with E-state index in [0.29, 0.717) is 5.92 Å². The highest BCUT2D eigenvalue weighted by atomic mass is 28.4. The molecule has 2 nitrogen and oxygen atoms in total. The zero-order chi connectivity index (χ0) is 12.6. The van der Waals surface area contributed by atoms with E-state index in [0.717, 1.165) is 6.42 Å². The Balaban J connectivity index is 2.71. The maximum Gasteiger partial charge on any atom is 0.192 e. The second kappa shape index (κ2) is 4.79. The first-order valence-electron chi connectivity index (χ1n) is 6.58. The molecule has 3 atom stereocenters. The Kier molecular flexibility index (Phi) is 4.25.